The minimum absolute atomic E-state index is 0.182. The molecule has 2 aliphatic rings. The van der Waals surface area contributed by atoms with Gasteiger partial charge in [0.2, 0.25) is 0 Å². The lowest BCUT2D eigenvalue weighted by Gasteiger charge is -2.38. The number of fused-ring (bicyclic) bond motifs is 2. The molecule has 2 aromatic carbocycles. The van der Waals surface area contributed by atoms with Crippen LogP contribution in [0.2, 0.25) is 0 Å². The van der Waals surface area contributed by atoms with E-state index in [9.17, 15) is 0 Å². The van der Waals surface area contributed by atoms with Gasteiger partial charge in [0.05, 0.1) is 11.0 Å². The van der Waals surface area contributed by atoms with Gasteiger partial charge >= 0.3 is 0 Å². The van der Waals surface area contributed by atoms with Crippen LogP contribution in [-0.2, 0) is 0 Å². The Morgan fingerprint density at radius 3 is 1.85 bits per heavy atom. The fraction of sp³-hybridized carbons (Fsp3) is 0.500. The number of piperazine rings is 1. The Balaban J connectivity index is 1.14. The molecule has 4 heterocycles. The number of aromatic nitrogens is 4. The van der Waals surface area contributed by atoms with Gasteiger partial charge in [0.1, 0.15) is 24.3 Å². The normalized spacial score (nSPS) is 18.0. The standard InChI is InChI=1S/C32H42N8/c1-31(2,3)20-33-29-25-8-6-23(18-27(25)34-21-36-29)38-14-16-39(17-15-38)24-7-9-26-28(19-24)35-22-37-30(26)40-12-10-32(4,5)11-13-40/h6-9,18-19,21-22H,10-17,20H2,1-5H3,(H,33,34,36). The molecule has 0 spiro atoms. The molecule has 0 atom stereocenters. The summed E-state index contributed by atoms with van der Waals surface area (Å²) >= 11 is 0. The Labute approximate surface area is 237 Å². The fourth-order valence-corrected chi connectivity index (χ4v) is 5.76. The zero-order chi connectivity index (χ0) is 27.9. The third-order valence-electron chi connectivity index (χ3n) is 8.43. The maximum absolute atomic E-state index is 4.69. The Kier molecular flexibility index (Phi) is 6.88. The predicted molar refractivity (Wildman–Crippen MR) is 167 cm³/mol. The molecule has 4 aromatic rings. The summed E-state index contributed by atoms with van der Waals surface area (Å²) in [5.74, 6) is 1.98. The summed E-state index contributed by atoms with van der Waals surface area (Å²) in [5, 5.41) is 5.73. The van der Waals surface area contributed by atoms with Crippen molar-refractivity contribution in [2.24, 2.45) is 10.8 Å². The van der Waals surface area contributed by atoms with E-state index in [1.807, 2.05) is 0 Å². The Hall–Kier alpha value is -3.68. The van der Waals surface area contributed by atoms with Gasteiger partial charge in [-0.3, -0.25) is 0 Å². The van der Waals surface area contributed by atoms with Crippen molar-refractivity contribution in [1.29, 1.82) is 0 Å². The van der Waals surface area contributed by atoms with E-state index in [1.165, 1.54) is 24.2 Å². The van der Waals surface area contributed by atoms with Gasteiger partial charge in [-0.25, -0.2) is 19.9 Å². The van der Waals surface area contributed by atoms with Crippen LogP contribution < -0.4 is 20.0 Å². The summed E-state index contributed by atoms with van der Waals surface area (Å²) in [7, 11) is 0. The molecule has 40 heavy (non-hydrogen) atoms. The van der Waals surface area contributed by atoms with Crippen molar-refractivity contribution < 1.29 is 0 Å². The zero-order valence-corrected chi connectivity index (χ0v) is 24.6. The van der Waals surface area contributed by atoms with Gasteiger partial charge < -0.3 is 20.0 Å². The number of nitrogens with zero attached hydrogens (tertiary/aromatic N) is 7. The monoisotopic (exact) mass is 538 g/mol. The lowest BCUT2D eigenvalue weighted by atomic mass is 9.82. The average molecular weight is 539 g/mol. The summed E-state index contributed by atoms with van der Waals surface area (Å²) in [6.07, 6.45) is 5.78. The number of nitrogens with one attached hydrogen (secondary N) is 1. The SMILES string of the molecule is CC(C)(C)CNc1ncnc2cc(N3CCN(c4ccc5c(N6CCC(C)(C)CC6)ncnc5c4)CC3)ccc12. The van der Waals surface area contributed by atoms with Crippen molar-refractivity contribution in [1.82, 2.24) is 19.9 Å². The maximum Gasteiger partial charge on any atom is 0.139 e. The van der Waals surface area contributed by atoms with Crippen LogP contribution in [0.4, 0.5) is 23.0 Å². The molecule has 1 N–H and O–H groups in total. The minimum Gasteiger partial charge on any atom is -0.369 e. The van der Waals surface area contributed by atoms with Crippen LogP contribution in [-0.4, -0.2) is 65.7 Å². The van der Waals surface area contributed by atoms with Gasteiger partial charge in [0.15, 0.2) is 0 Å². The van der Waals surface area contributed by atoms with Crippen LogP contribution in [0.1, 0.15) is 47.5 Å². The first-order valence-corrected chi connectivity index (χ1v) is 14.6. The van der Waals surface area contributed by atoms with Crippen LogP contribution in [0.25, 0.3) is 21.8 Å². The van der Waals surface area contributed by atoms with Crippen LogP contribution in [0.15, 0.2) is 49.1 Å². The first-order chi connectivity index (χ1) is 19.2. The zero-order valence-electron chi connectivity index (χ0n) is 24.6. The summed E-state index contributed by atoms with van der Waals surface area (Å²) in [6.45, 7) is 18.2. The molecule has 0 bridgehead atoms. The van der Waals surface area contributed by atoms with Crippen molar-refractivity contribution >= 4 is 44.8 Å². The molecule has 6 rings (SSSR count). The lowest BCUT2D eigenvalue weighted by molar-refractivity contribution is 0.279. The Morgan fingerprint density at radius 2 is 1.25 bits per heavy atom. The first-order valence-electron chi connectivity index (χ1n) is 14.6. The molecule has 8 heteroatoms. The second-order valence-electron chi connectivity index (χ2n) is 13.4. The van der Waals surface area contributed by atoms with E-state index in [2.05, 4.69) is 106 Å². The van der Waals surface area contributed by atoms with E-state index in [-0.39, 0.29) is 5.41 Å². The maximum atomic E-state index is 4.69. The Bertz CT molecular complexity index is 1490. The van der Waals surface area contributed by atoms with Crippen molar-refractivity contribution in [2.45, 2.75) is 47.5 Å². The second-order valence-corrected chi connectivity index (χ2v) is 13.4. The topological polar surface area (TPSA) is 73.3 Å². The second kappa shape index (κ2) is 10.4. The van der Waals surface area contributed by atoms with Crippen molar-refractivity contribution in [3.63, 3.8) is 0 Å². The third-order valence-corrected chi connectivity index (χ3v) is 8.43. The fourth-order valence-electron chi connectivity index (χ4n) is 5.76. The number of rotatable bonds is 5. The third kappa shape index (κ3) is 5.62. The molecule has 0 saturated carbocycles. The van der Waals surface area contributed by atoms with Gasteiger partial charge in [-0.2, -0.15) is 0 Å². The van der Waals surface area contributed by atoms with E-state index in [0.29, 0.717) is 5.41 Å². The first kappa shape index (κ1) is 26.5. The van der Waals surface area contributed by atoms with Gasteiger partial charge in [0, 0.05) is 68.0 Å². The van der Waals surface area contributed by atoms with Gasteiger partial charge in [-0.15, -0.1) is 0 Å². The van der Waals surface area contributed by atoms with Crippen molar-refractivity contribution in [2.75, 3.05) is 65.8 Å². The molecule has 2 saturated heterocycles. The summed E-state index contributed by atoms with van der Waals surface area (Å²) in [5.41, 5.74) is 5.06. The van der Waals surface area contributed by atoms with Gasteiger partial charge in [-0.05, 0) is 60.1 Å². The van der Waals surface area contributed by atoms with Crippen LogP contribution >= 0.6 is 0 Å². The average Bonchev–Trinajstić information content (AvgIpc) is 2.95. The van der Waals surface area contributed by atoms with E-state index in [1.54, 1.807) is 12.7 Å². The highest BCUT2D eigenvalue weighted by Gasteiger charge is 2.27. The number of anilines is 4. The Morgan fingerprint density at radius 1 is 0.700 bits per heavy atom. The van der Waals surface area contributed by atoms with Crippen molar-refractivity contribution in [3.8, 4) is 0 Å². The summed E-state index contributed by atoms with van der Waals surface area (Å²) < 4.78 is 0. The van der Waals surface area contributed by atoms with E-state index in [0.717, 1.165) is 79.3 Å². The van der Waals surface area contributed by atoms with Crippen LogP contribution in [0.5, 0.6) is 0 Å². The van der Waals surface area contributed by atoms with Gasteiger partial charge in [0.25, 0.3) is 0 Å². The molecule has 0 aliphatic carbocycles. The minimum atomic E-state index is 0.182. The van der Waals surface area contributed by atoms with Crippen LogP contribution in [0.3, 0.4) is 0 Å². The largest absolute Gasteiger partial charge is 0.369 e. The molecule has 2 aliphatic heterocycles. The quantitative estimate of drug-likeness (QED) is 0.333. The van der Waals surface area contributed by atoms with E-state index < -0.39 is 0 Å². The number of hydrogen-bond acceptors (Lipinski definition) is 8. The molecule has 2 fully saturated rings. The summed E-state index contributed by atoms with van der Waals surface area (Å²) in [4.78, 5) is 25.8. The predicted octanol–water partition coefficient (Wildman–Crippen LogP) is 5.98. The molecule has 2 aromatic heterocycles. The molecule has 0 unspecified atom stereocenters. The number of benzene rings is 2. The smallest absolute Gasteiger partial charge is 0.139 e. The highest BCUT2D eigenvalue weighted by atomic mass is 15.3. The number of piperidine rings is 1. The van der Waals surface area contributed by atoms with Crippen LogP contribution in [0, 0.1) is 10.8 Å². The molecule has 210 valence electrons. The molecule has 0 radical (unpaired) electrons. The highest BCUT2D eigenvalue weighted by Crippen LogP contribution is 2.35. The van der Waals surface area contributed by atoms with Crippen molar-refractivity contribution in [3.05, 3.63) is 49.1 Å². The molecular formula is C32H42N8. The number of hydrogen-bond donors (Lipinski definition) is 1. The summed E-state index contributed by atoms with van der Waals surface area (Å²) in [6, 6.07) is 13.3. The highest BCUT2D eigenvalue weighted by molar-refractivity contribution is 5.92. The lowest BCUT2D eigenvalue weighted by Crippen LogP contribution is -2.46. The van der Waals surface area contributed by atoms with E-state index >= 15 is 0 Å². The van der Waals surface area contributed by atoms with E-state index in [4.69, 9.17) is 4.98 Å². The molecule has 0 amide bonds. The molecule has 8 nitrogen and oxygen atoms in total. The van der Waals surface area contributed by atoms with Gasteiger partial charge in [-0.1, -0.05) is 34.6 Å². The molecular weight excluding hydrogens is 496 g/mol.